The van der Waals surface area contributed by atoms with Gasteiger partial charge in [0.1, 0.15) is 18.5 Å². The summed E-state index contributed by atoms with van der Waals surface area (Å²) in [5.74, 6) is -5.26. The van der Waals surface area contributed by atoms with Crippen LogP contribution in [0.15, 0.2) is 6.07 Å². The first-order valence-electron chi connectivity index (χ1n) is 12.7. The predicted molar refractivity (Wildman–Crippen MR) is 142 cm³/mol. The molecule has 0 radical (unpaired) electrons. The number of phosphoric acid groups is 2. The van der Waals surface area contributed by atoms with Gasteiger partial charge < -0.3 is 29.2 Å². The first-order valence-corrected chi connectivity index (χ1v) is 16.5. The standard InChI is InChI=1S/C22H25F2N5O12P2S/c1-9-6-27-16-12(4-13(14(23)15(16)24)18-26-25-11(3)44-18)5-22(17(27)10(2)41-9)19(30)28(7-39-42(33,34)35)21(32)29(20(22)31)8-40-43(36,37)38/h4,9-10,17H,5-8H2,1-3H3,(H2,33,34,35)(H2,36,37,38)/t9-,10+,17?/m1/s1. The highest BCUT2D eigenvalue weighted by Crippen LogP contribution is 2.52. The smallest absolute Gasteiger partial charge is 0.372 e. The fourth-order valence-corrected chi connectivity index (χ4v) is 7.13. The van der Waals surface area contributed by atoms with Gasteiger partial charge in [-0.05, 0) is 32.4 Å². The number of carbonyl (C=O) groups is 3. The molecule has 2 saturated heterocycles. The van der Waals surface area contributed by atoms with Crippen LogP contribution in [0.3, 0.4) is 0 Å². The van der Waals surface area contributed by atoms with Crippen molar-refractivity contribution in [2.24, 2.45) is 5.41 Å². The van der Waals surface area contributed by atoms with Crippen molar-refractivity contribution in [2.45, 2.75) is 45.4 Å². The molecule has 2 fully saturated rings. The second-order valence-corrected chi connectivity index (χ2v) is 14.0. The topological polar surface area (TPSA) is 229 Å². The molecule has 44 heavy (non-hydrogen) atoms. The van der Waals surface area contributed by atoms with Crippen molar-refractivity contribution in [3.63, 3.8) is 0 Å². The monoisotopic (exact) mass is 683 g/mol. The molecule has 17 nitrogen and oxygen atoms in total. The molecule has 3 aliphatic rings. The number of imide groups is 2. The summed E-state index contributed by atoms with van der Waals surface area (Å²) in [7, 11) is -10.6. The van der Waals surface area contributed by atoms with E-state index in [4.69, 9.17) is 4.74 Å². The van der Waals surface area contributed by atoms with Gasteiger partial charge in [0.25, 0.3) is 11.8 Å². The van der Waals surface area contributed by atoms with E-state index in [1.807, 2.05) is 0 Å². The van der Waals surface area contributed by atoms with E-state index >= 15 is 8.78 Å². The molecule has 0 bridgehead atoms. The number of barbiturate groups is 1. The van der Waals surface area contributed by atoms with Gasteiger partial charge >= 0.3 is 21.7 Å². The molecule has 4 N–H and O–H groups in total. The van der Waals surface area contributed by atoms with Crippen LogP contribution in [0.4, 0.5) is 19.3 Å². The van der Waals surface area contributed by atoms with Crippen molar-refractivity contribution < 1.29 is 65.7 Å². The molecule has 1 spiro atoms. The van der Waals surface area contributed by atoms with Gasteiger partial charge in [0, 0.05) is 13.0 Å². The lowest BCUT2D eigenvalue weighted by molar-refractivity contribution is -0.171. The van der Waals surface area contributed by atoms with Crippen molar-refractivity contribution in [1.82, 2.24) is 20.0 Å². The van der Waals surface area contributed by atoms with Gasteiger partial charge in [-0.1, -0.05) is 11.3 Å². The van der Waals surface area contributed by atoms with Crippen LogP contribution >= 0.6 is 27.0 Å². The van der Waals surface area contributed by atoms with Gasteiger partial charge in [0.05, 0.1) is 29.5 Å². The number of hydrogen-bond donors (Lipinski definition) is 4. The summed E-state index contributed by atoms with van der Waals surface area (Å²) in [6.07, 6.45) is -2.44. The summed E-state index contributed by atoms with van der Waals surface area (Å²) in [4.78, 5) is 80.3. The van der Waals surface area contributed by atoms with Crippen LogP contribution in [0.5, 0.6) is 0 Å². The van der Waals surface area contributed by atoms with E-state index in [0.717, 1.165) is 11.3 Å². The van der Waals surface area contributed by atoms with Gasteiger partial charge in [0.2, 0.25) is 0 Å². The maximum absolute atomic E-state index is 16.0. The number of aromatic nitrogens is 2. The number of morpholine rings is 1. The maximum atomic E-state index is 16.0. The average Bonchev–Trinajstić information content (AvgIpc) is 3.33. The Hall–Kier alpha value is -2.77. The van der Waals surface area contributed by atoms with Crippen molar-refractivity contribution >= 4 is 50.5 Å². The highest BCUT2D eigenvalue weighted by molar-refractivity contribution is 7.46. The summed E-state index contributed by atoms with van der Waals surface area (Å²) < 4.78 is 69.1. The first kappa shape index (κ1) is 32.6. The van der Waals surface area contributed by atoms with Gasteiger partial charge in [-0.2, -0.15) is 0 Å². The third-order valence-electron chi connectivity index (χ3n) is 7.38. The Bertz CT molecular complexity index is 1600. The van der Waals surface area contributed by atoms with Crippen LogP contribution < -0.4 is 4.90 Å². The number of fused-ring (bicyclic) bond motifs is 4. The number of nitrogens with zero attached hydrogens (tertiary/aromatic N) is 5. The lowest BCUT2D eigenvalue weighted by Gasteiger charge is -2.57. The zero-order valence-corrected chi connectivity index (χ0v) is 25.6. The molecule has 1 unspecified atom stereocenters. The molecule has 1 aromatic carbocycles. The Morgan fingerprint density at radius 3 is 2.09 bits per heavy atom. The van der Waals surface area contributed by atoms with E-state index in [0.29, 0.717) is 5.01 Å². The Morgan fingerprint density at radius 1 is 1.02 bits per heavy atom. The van der Waals surface area contributed by atoms with E-state index < -0.39 is 88.7 Å². The number of rotatable bonds is 7. The number of urea groups is 1. The zero-order valence-electron chi connectivity index (χ0n) is 23.0. The van der Waals surface area contributed by atoms with Gasteiger partial charge in [-0.15, -0.1) is 10.2 Å². The van der Waals surface area contributed by atoms with E-state index in [1.54, 1.807) is 13.8 Å². The van der Waals surface area contributed by atoms with Crippen LogP contribution in [0, 0.1) is 24.0 Å². The Balaban J connectivity index is 1.74. The molecular weight excluding hydrogens is 658 g/mol. The average molecular weight is 683 g/mol. The first-order chi connectivity index (χ1) is 20.4. The van der Waals surface area contributed by atoms with E-state index in [-0.39, 0.29) is 38.2 Å². The summed E-state index contributed by atoms with van der Waals surface area (Å²) in [6.45, 7) is 1.68. The molecular formula is C22H25F2N5O12P2S. The largest absolute Gasteiger partial charge is 0.471 e. The van der Waals surface area contributed by atoms with Crippen LogP contribution in [-0.4, -0.2) is 95.7 Å². The molecule has 240 valence electrons. The fraction of sp³-hybridized carbons (Fsp3) is 0.500. The minimum Gasteiger partial charge on any atom is -0.372 e. The summed E-state index contributed by atoms with van der Waals surface area (Å²) in [5.41, 5.74) is -3.16. The molecule has 1 aromatic heterocycles. The van der Waals surface area contributed by atoms with Gasteiger partial charge in [0.15, 0.2) is 22.1 Å². The van der Waals surface area contributed by atoms with Crippen molar-refractivity contribution in [3.05, 3.63) is 28.3 Å². The number of anilines is 1. The fourth-order valence-electron chi connectivity index (χ4n) is 5.90. The summed E-state index contributed by atoms with van der Waals surface area (Å²) in [6, 6.07) is -1.85. The van der Waals surface area contributed by atoms with Crippen LogP contribution in [0.25, 0.3) is 10.6 Å². The van der Waals surface area contributed by atoms with Gasteiger partial charge in [-0.3, -0.25) is 18.6 Å². The molecule has 2 aromatic rings. The molecule has 5 rings (SSSR count). The lowest BCUT2D eigenvalue weighted by atomic mass is 9.65. The van der Waals surface area contributed by atoms with Crippen molar-refractivity contribution in [3.8, 4) is 10.6 Å². The Kier molecular flexibility index (Phi) is 8.33. The normalized spacial score (nSPS) is 23.8. The summed E-state index contributed by atoms with van der Waals surface area (Å²) in [5, 5.41) is 8.10. The number of aryl methyl sites for hydroxylation is 1. The maximum Gasteiger partial charge on any atom is 0.471 e. The highest BCUT2D eigenvalue weighted by Gasteiger charge is 2.67. The Labute approximate surface area is 250 Å². The number of carbonyl (C=O) groups excluding carboxylic acids is 3. The third kappa shape index (κ3) is 5.60. The summed E-state index contributed by atoms with van der Waals surface area (Å²) >= 11 is 0.947. The molecule has 0 saturated carbocycles. The molecule has 4 amide bonds. The van der Waals surface area contributed by atoms with Crippen molar-refractivity contribution in [1.29, 1.82) is 0 Å². The third-order valence-corrected chi connectivity index (χ3v) is 9.16. The SMILES string of the molecule is Cc1nnc(-c2cc3c(c(F)c2F)N2C[C@@H](C)O[C@@H](C)C2C2(C3)C(=O)N(COP(=O)(O)O)C(=O)N(COP(=O)(O)O)C2=O)s1. The second-order valence-electron chi connectivity index (χ2n) is 10.3. The predicted octanol–water partition coefficient (Wildman–Crippen LogP) is 1.24. The second kappa shape index (κ2) is 11.2. The number of hydrogen-bond acceptors (Lipinski definition) is 12. The van der Waals surface area contributed by atoms with E-state index in [2.05, 4.69) is 19.2 Å². The van der Waals surface area contributed by atoms with E-state index in [1.165, 1.54) is 17.9 Å². The highest BCUT2D eigenvalue weighted by atomic mass is 32.1. The molecule has 3 aliphatic heterocycles. The van der Waals surface area contributed by atoms with Crippen molar-refractivity contribution in [2.75, 3.05) is 24.9 Å². The van der Waals surface area contributed by atoms with Crippen LogP contribution in [0.1, 0.15) is 24.4 Å². The van der Waals surface area contributed by atoms with Gasteiger partial charge in [-0.25, -0.2) is 32.5 Å². The molecule has 22 heteroatoms. The molecule has 0 aliphatic carbocycles. The zero-order chi connectivity index (χ0) is 32.5. The Morgan fingerprint density at radius 2 is 1.59 bits per heavy atom. The number of benzene rings is 1. The number of ether oxygens (including phenoxy) is 1. The number of halogens is 2. The van der Waals surface area contributed by atoms with Crippen LogP contribution in [-0.2, 0) is 38.9 Å². The molecule has 4 heterocycles. The molecule has 3 atom stereocenters. The van der Waals surface area contributed by atoms with E-state index in [9.17, 15) is 43.1 Å². The minimum absolute atomic E-state index is 0.00796. The number of phosphoric ester groups is 2. The van der Waals surface area contributed by atoms with Crippen LogP contribution in [0.2, 0.25) is 0 Å². The lowest BCUT2D eigenvalue weighted by Crippen LogP contribution is -2.76. The minimum atomic E-state index is -5.31. The quantitative estimate of drug-likeness (QED) is 0.238. The number of amides is 4.